The summed E-state index contributed by atoms with van der Waals surface area (Å²) in [7, 11) is 0. The summed E-state index contributed by atoms with van der Waals surface area (Å²) in [5.74, 6) is -0.193. The van der Waals surface area contributed by atoms with Crippen molar-refractivity contribution in [2.45, 2.75) is 26.8 Å². The van der Waals surface area contributed by atoms with E-state index in [2.05, 4.69) is 24.1 Å². The highest BCUT2D eigenvalue weighted by molar-refractivity contribution is 5.67. The van der Waals surface area contributed by atoms with Gasteiger partial charge in [-0.2, -0.15) is 0 Å². The second-order valence-electron chi connectivity index (χ2n) is 4.71. The Morgan fingerprint density at radius 3 is 2.74 bits per heavy atom. The van der Waals surface area contributed by atoms with Crippen LogP contribution in [0.3, 0.4) is 0 Å². The minimum absolute atomic E-state index is 0.193. The molecule has 100 valence electrons. The van der Waals surface area contributed by atoms with Crippen molar-refractivity contribution in [1.82, 2.24) is 10.3 Å². The van der Waals surface area contributed by atoms with Crippen molar-refractivity contribution < 1.29 is 4.39 Å². The van der Waals surface area contributed by atoms with Crippen LogP contribution in [0.4, 0.5) is 4.39 Å². The number of pyridine rings is 1. The largest absolute Gasteiger partial charge is 0.310 e. The predicted molar refractivity (Wildman–Crippen MR) is 76.5 cm³/mol. The van der Waals surface area contributed by atoms with Gasteiger partial charge in [-0.15, -0.1) is 0 Å². The minimum Gasteiger partial charge on any atom is -0.310 e. The summed E-state index contributed by atoms with van der Waals surface area (Å²) in [5.41, 5.74) is 3.62. The van der Waals surface area contributed by atoms with Crippen molar-refractivity contribution in [2.24, 2.45) is 0 Å². The zero-order valence-corrected chi connectivity index (χ0v) is 11.6. The Morgan fingerprint density at radius 1 is 1.26 bits per heavy atom. The van der Waals surface area contributed by atoms with E-state index in [1.807, 2.05) is 25.1 Å². The molecule has 0 saturated heterocycles. The average molecular weight is 258 g/mol. The molecule has 2 nitrogen and oxygen atoms in total. The van der Waals surface area contributed by atoms with E-state index in [-0.39, 0.29) is 11.9 Å². The van der Waals surface area contributed by atoms with Gasteiger partial charge in [0, 0.05) is 24.0 Å². The SMILES string of the molecule is CCNC(C)c1ccc(F)c(-c2ccncc2C)c1. The third-order valence-corrected chi connectivity index (χ3v) is 3.31. The molecule has 0 spiro atoms. The Labute approximate surface area is 113 Å². The molecule has 1 unspecified atom stereocenters. The molecule has 0 amide bonds. The van der Waals surface area contributed by atoms with Crippen LogP contribution in [0.1, 0.15) is 31.0 Å². The monoisotopic (exact) mass is 258 g/mol. The second kappa shape index (κ2) is 5.93. The van der Waals surface area contributed by atoms with Crippen molar-refractivity contribution in [2.75, 3.05) is 6.54 Å². The Bertz CT molecular complexity index is 566. The van der Waals surface area contributed by atoms with Gasteiger partial charge in [-0.1, -0.05) is 13.0 Å². The molecule has 0 aliphatic carbocycles. The molecule has 1 N–H and O–H groups in total. The molecule has 3 heteroatoms. The van der Waals surface area contributed by atoms with Crippen molar-refractivity contribution >= 4 is 0 Å². The van der Waals surface area contributed by atoms with Gasteiger partial charge < -0.3 is 5.32 Å². The van der Waals surface area contributed by atoms with Crippen LogP contribution in [-0.4, -0.2) is 11.5 Å². The van der Waals surface area contributed by atoms with E-state index < -0.39 is 0 Å². The van der Waals surface area contributed by atoms with Crippen LogP contribution in [0.25, 0.3) is 11.1 Å². The highest BCUT2D eigenvalue weighted by Crippen LogP contribution is 2.28. The summed E-state index contributed by atoms with van der Waals surface area (Å²) in [6.45, 7) is 6.98. The number of rotatable bonds is 4. The first-order chi connectivity index (χ1) is 9.13. The lowest BCUT2D eigenvalue weighted by atomic mass is 9.97. The topological polar surface area (TPSA) is 24.9 Å². The predicted octanol–water partition coefficient (Wildman–Crippen LogP) is 3.87. The molecule has 0 aliphatic rings. The van der Waals surface area contributed by atoms with Crippen LogP contribution >= 0.6 is 0 Å². The van der Waals surface area contributed by atoms with E-state index in [0.717, 1.165) is 23.2 Å². The molecular formula is C16H19FN2. The standard InChI is InChI=1S/C16H19FN2/c1-4-19-12(3)13-5-6-16(17)15(9-13)14-7-8-18-10-11(14)2/h5-10,12,19H,4H2,1-3H3. The third-order valence-electron chi connectivity index (χ3n) is 3.31. The molecule has 0 radical (unpaired) electrons. The lowest BCUT2D eigenvalue weighted by molar-refractivity contribution is 0.593. The van der Waals surface area contributed by atoms with Crippen LogP contribution < -0.4 is 5.32 Å². The van der Waals surface area contributed by atoms with E-state index >= 15 is 0 Å². The maximum atomic E-state index is 14.0. The number of hydrogen-bond donors (Lipinski definition) is 1. The maximum Gasteiger partial charge on any atom is 0.131 e. The summed E-state index contributed by atoms with van der Waals surface area (Å²) in [6.07, 6.45) is 3.46. The summed E-state index contributed by atoms with van der Waals surface area (Å²) in [6, 6.07) is 7.37. The number of nitrogens with one attached hydrogen (secondary N) is 1. The number of aryl methyl sites for hydroxylation is 1. The quantitative estimate of drug-likeness (QED) is 0.900. The molecule has 1 aromatic carbocycles. The molecule has 2 rings (SSSR count). The van der Waals surface area contributed by atoms with E-state index in [1.54, 1.807) is 18.5 Å². The summed E-state index contributed by atoms with van der Waals surface area (Å²) < 4.78 is 14.0. The fraction of sp³-hybridized carbons (Fsp3) is 0.312. The fourth-order valence-electron chi connectivity index (χ4n) is 2.22. The summed E-state index contributed by atoms with van der Waals surface area (Å²) in [4.78, 5) is 4.05. The van der Waals surface area contributed by atoms with Crippen molar-refractivity contribution in [3.63, 3.8) is 0 Å². The van der Waals surface area contributed by atoms with Crippen molar-refractivity contribution in [1.29, 1.82) is 0 Å². The summed E-state index contributed by atoms with van der Waals surface area (Å²) in [5, 5.41) is 3.34. The van der Waals surface area contributed by atoms with Crippen molar-refractivity contribution in [3.8, 4) is 11.1 Å². The number of halogens is 1. The summed E-state index contributed by atoms with van der Waals surface area (Å²) >= 11 is 0. The van der Waals surface area contributed by atoms with Gasteiger partial charge in [-0.3, -0.25) is 4.98 Å². The maximum absolute atomic E-state index is 14.0. The first-order valence-corrected chi connectivity index (χ1v) is 6.57. The molecular weight excluding hydrogens is 239 g/mol. The lowest BCUT2D eigenvalue weighted by Gasteiger charge is -2.15. The van der Waals surface area contributed by atoms with Crippen LogP contribution in [0.15, 0.2) is 36.7 Å². The third kappa shape index (κ3) is 2.99. The van der Waals surface area contributed by atoms with Crippen LogP contribution in [0, 0.1) is 12.7 Å². The molecule has 1 atom stereocenters. The highest BCUT2D eigenvalue weighted by atomic mass is 19.1. The first-order valence-electron chi connectivity index (χ1n) is 6.57. The fourth-order valence-corrected chi connectivity index (χ4v) is 2.22. The second-order valence-corrected chi connectivity index (χ2v) is 4.71. The molecule has 2 aromatic rings. The van der Waals surface area contributed by atoms with Crippen LogP contribution in [0.2, 0.25) is 0 Å². The van der Waals surface area contributed by atoms with E-state index in [4.69, 9.17) is 0 Å². The van der Waals surface area contributed by atoms with E-state index in [0.29, 0.717) is 5.56 Å². The van der Waals surface area contributed by atoms with E-state index in [1.165, 1.54) is 0 Å². The lowest BCUT2D eigenvalue weighted by Crippen LogP contribution is -2.17. The number of nitrogens with zero attached hydrogens (tertiary/aromatic N) is 1. The molecule has 19 heavy (non-hydrogen) atoms. The molecule has 0 bridgehead atoms. The van der Waals surface area contributed by atoms with Gasteiger partial charge in [0.05, 0.1) is 0 Å². The van der Waals surface area contributed by atoms with Crippen LogP contribution in [-0.2, 0) is 0 Å². The van der Waals surface area contributed by atoms with Gasteiger partial charge in [-0.05, 0) is 55.3 Å². The van der Waals surface area contributed by atoms with Gasteiger partial charge in [-0.25, -0.2) is 4.39 Å². The van der Waals surface area contributed by atoms with Gasteiger partial charge in [0.1, 0.15) is 5.82 Å². The minimum atomic E-state index is -0.193. The zero-order chi connectivity index (χ0) is 13.8. The Hall–Kier alpha value is -1.74. The first kappa shape index (κ1) is 13.7. The number of benzene rings is 1. The molecule has 0 saturated carbocycles. The normalized spacial score (nSPS) is 12.4. The van der Waals surface area contributed by atoms with Crippen LogP contribution in [0.5, 0.6) is 0 Å². The Kier molecular flexibility index (Phi) is 4.27. The smallest absolute Gasteiger partial charge is 0.131 e. The van der Waals surface area contributed by atoms with Crippen molar-refractivity contribution in [3.05, 3.63) is 53.6 Å². The molecule has 0 fully saturated rings. The average Bonchev–Trinajstić information content (AvgIpc) is 2.40. The van der Waals surface area contributed by atoms with Gasteiger partial charge in [0.2, 0.25) is 0 Å². The number of aromatic nitrogens is 1. The molecule has 1 heterocycles. The van der Waals surface area contributed by atoms with Gasteiger partial charge in [0.25, 0.3) is 0 Å². The van der Waals surface area contributed by atoms with Gasteiger partial charge >= 0.3 is 0 Å². The molecule has 0 aliphatic heterocycles. The van der Waals surface area contributed by atoms with E-state index in [9.17, 15) is 4.39 Å². The zero-order valence-electron chi connectivity index (χ0n) is 11.6. The Morgan fingerprint density at radius 2 is 2.05 bits per heavy atom. The number of hydrogen-bond acceptors (Lipinski definition) is 2. The highest BCUT2D eigenvalue weighted by Gasteiger charge is 2.11. The van der Waals surface area contributed by atoms with Gasteiger partial charge in [0.15, 0.2) is 0 Å². The Balaban J connectivity index is 2.46. The molecule has 1 aromatic heterocycles.